The first-order chi connectivity index (χ1) is 8.59. The van der Waals surface area contributed by atoms with E-state index >= 15 is 0 Å². The van der Waals surface area contributed by atoms with E-state index in [0.717, 1.165) is 26.2 Å². The van der Waals surface area contributed by atoms with Gasteiger partial charge in [-0.3, -0.25) is 9.69 Å². The highest BCUT2D eigenvalue weighted by molar-refractivity contribution is 5.85. The van der Waals surface area contributed by atoms with E-state index in [1.165, 1.54) is 0 Å². The van der Waals surface area contributed by atoms with Gasteiger partial charge in [0.15, 0.2) is 0 Å². The number of aliphatic hydroxyl groups is 1. The molecule has 1 rings (SSSR count). The molecule has 6 nitrogen and oxygen atoms in total. The third-order valence-electron chi connectivity index (χ3n) is 3.23. The van der Waals surface area contributed by atoms with Crippen LogP contribution in [0.5, 0.6) is 0 Å². The second-order valence-corrected chi connectivity index (χ2v) is 4.89. The molecule has 0 unspecified atom stereocenters. The van der Waals surface area contributed by atoms with E-state index in [1.54, 1.807) is 0 Å². The van der Waals surface area contributed by atoms with Crippen molar-refractivity contribution in [3.8, 4) is 0 Å². The number of carbonyl (C=O) groups excluding carboxylic acids is 1. The molecule has 0 bridgehead atoms. The Bertz CT molecular complexity index is 253. The van der Waals surface area contributed by atoms with Gasteiger partial charge in [0.1, 0.15) is 0 Å². The number of carbonyl (C=O) groups is 1. The van der Waals surface area contributed by atoms with Crippen molar-refractivity contribution in [2.75, 3.05) is 52.5 Å². The number of ether oxygens (including phenoxy) is 1. The summed E-state index contributed by atoms with van der Waals surface area (Å²) in [5.41, 5.74) is -0.487. The molecule has 1 aliphatic heterocycles. The number of aliphatic hydroxyl groups excluding tert-OH is 1. The maximum absolute atomic E-state index is 12.1. The molecule has 106 valence electrons. The molecule has 3 N–H and O–H groups in total. The van der Waals surface area contributed by atoms with Crippen molar-refractivity contribution >= 4 is 5.91 Å². The van der Waals surface area contributed by atoms with E-state index in [9.17, 15) is 4.79 Å². The summed E-state index contributed by atoms with van der Waals surface area (Å²) in [7, 11) is 0. The number of nitrogens with one attached hydrogen (secondary N) is 2. The van der Waals surface area contributed by atoms with Gasteiger partial charge in [-0.05, 0) is 13.8 Å². The highest BCUT2D eigenvalue weighted by Crippen LogP contribution is 2.14. The fourth-order valence-electron chi connectivity index (χ4n) is 1.99. The average Bonchev–Trinajstić information content (AvgIpc) is 2.39. The van der Waals surface area contributed by atoms with Gasteiger partial charge < -0.3 is 20.5 Å². The number of hydrogen-bond donors (Lipinski definition) is 3. The second-order valence-electron chi connectivity index (χ2n) is 4.89. The molecule has 6 heteroatoms. The van der Waals surface area contributed by atoms with Crippen molar-refractivity contribution in [3.05, 3.63) is 0 Å². The summed E-state index contributed by atoms with van der Waals surface area (Å²) in [5.74, 6) is 0.0250. The van der Waals surface area contributed by atoms with Crippen LogP contribution in [0.4, 0.5) is 0 Å². The van der Waals surface area contributed by atoms with E-state index < -0.39 is 5.54 Å². The fourth-order valence-corrected chi connectivity index (χ4v) is 1.99. The van der Waals surface area contributed by atoms with Gasteiger partial charge in [0, 0.05) is 32.7 Å². The molecular formula is C12H25N3O3. The topological polar surface area (TPSA) is 73.8 Å². The highest BCUT2D eigenvalue weighted by atomic mass is 16.5. The monoisotopic (exact) mass is 259 g/mol. The van der Waals surface area contributed by atoms with Gasteiger partial charge >= 0.3 is 0 Å². The number of nitrogens with zero attached hydrogens (tertiary/aromatic N) is 1. The van der Waals surface area contributed by atoms with Gasteiger partial charge in [0.2, 0.25) is 5.91 Å². The van der Waals surface area contributed by atoms with Crippen LogP contribution in [0.2, 0.25) is 0 Å². The minimum Gasteiger partial charge on any atom is -0.394 e. The smallest absolute Gasteiger partial charge is 0.240 e. The average molecular weight is 259 g/mol. The molecule has 0 spiro atoms. The lowest BCUT2D eigenvalue weighted by Gasteiger charge is -2.39. The second kappa shape index (κ2) is 7.68. The van der Waals surface area contributed by atoms with Crippen LogP contribution in [0.3, 0.4) is 0 Å². The third kappa shape index (κ3) is 4.53. The predicted octanol–water partition coefficient (Wildman–Crippen LogP) is -1.20. The van der Waals surface area contributed by atoms with Crippen LogP contribution in [0.25, 0.3) is 0 Å². The number of piperazine rings is 1. The van der Waals surface area contributed by atoms with E-state index in [2.05, 4.69) is 15.5 Å². The summed E-state index contributed by atoms with van der Waals surface area (Å²) >= 11 is 0. The number of amides is 1. The highest BCUT2D eigenvalue weighted by Gasteiger charge is 2.34. The molecule has 1 aliphatic rings. The van der Waals surface area contributed by atoms with Crippen LogP contribution < -0.4 is 10.6 Å². The van der Waals surface area contributed by atoms with Crippen LogP contribution in [-0.4, -0.2) is 74.0 Å². The summed E-state index contributed by atoms with van der Waals surface area (Å²) in [5, 5.41) is 14.7. The van der Waals surface area contributed by atoms with Crippen molar-refractivity contribution < 1.29 is 14.6 Å². The Morgan fingerprint density at radius 2 is 2.06 bits per heavy atom. The van der Waals surface area contributed by atoms with Gasteiger partial charge in [-0.2, -0.15) is 0 Å². The molecule has 0 atom stereocenters. The maximum Gasteiger partial charge on any atom is 0.240 e. The minimum absolute atomic E-state index is 0.0141. The minimum atomic E-state index is -0.487. The lowest BCUT2D eigenvalue weighted by Crippen LogP contribution is -2.60. The van der Waals surface area contributed by atoms with Crippen molar-refractivity contribution in [3.63, 3.8) is 0 Å². The largest absolute Gasteiger partial charge is 0.394 e. The van der Waals surface area contributed by atoms with Crippen LogP contribution in [-0.2, 0) is 9.53 Å². The zero-order valence-corrected chi connectivity index (χ0v) is 11.4. The van der Waals surface area contributed by atoms with Gasteiger partial charge in [0.25, 0.3) is 0 Å². The Kier molecular flexibility index (Phi) is 6.56. The van der Waals surface area contributed by atoms with E-state index in [-0.39, 0.29) is 12.5 Å². The zero-order valence-electron chi connectivity index (χ0n) is 11.4. The zero-order chi connectivity index (χ0) is 13.4. The molecule has 1 amide bonds. The fraction of sp³-hybridized carbons (Fsp3) is 0.917. The third-order valence-corrected chi connectivity index (χ3v) is 3.23. The standard InChI is InChI=1S/C12H25N3O3/c1-12(2,15-6-3-13-4-7-15)11(17)14-5-9-18-10-8-16/h13,16H,3-10H2,1-2H3,(H,14,17). The van der Waals surface area contributed by atoms with Crippen molar-refractivity contribution in [1.82, 2.24) is 15.5 Å². The van der Waals surface area contributed by atoms with Crippen LogP contribution in [0, 0.1) is 0 Å². The SMILES string of the molecule is CC(C)(C(=O)NCCOCCO)N1CCNCC1. The Balaban J connectivity index is 2.29. The molecule has 1 heterocycles. The lowest BCUT2D eigenvalue weighted by molar-refractivity contribution is -0.132. The van der Waals surface area contributed by atoms with Crippen LogP contribution in [0.1, 0.15) is 13.8 Å². The Morgan fingerprint density at radius 1 is 1.39 bits per heavy atom. The van der Waals surface area contributed by atoms with E-state index in [1.807, 2.05) is 13.8 Å². The summed E-state index contributed by atoms with van der Waals surface area (Å²) in [6.45, 7) is 8.77. The predicted molar refractivity (Wildman–Crippen MR) is 69.4 cm³/mol. The number of hydrogen-bond acceptors (Lipinski definition) is 5. The Labute approximate surface area is 109 Å². The van der Waals surface area contributed by atoms with Gasteiger partial charge in [-0.1, -0.05) is 0 Å². The van der Waals surface area contributed by atoms with Crippen LogP contribution >= 0.6 is 0 Å². The normalized spacial score (nSPS) is 17.7. The first-order valence-corrected chi connectivity index (χ1v) is 6.51. The molecule has 0 aromatic heterocycles. The van der Waals surface area contributed by atoms with Gasteiger partial charge in [-0.25, -0.2) is 0 Å². The van der Waals surface area contributed by atoms with Crippen molar-refractivity contribution in [2.45, 2.75) is 19.4 Å². The molecule has 0 radical (unpaired) electrons. The quantitative estimate of drug-likeness (QED) is 0.501. The first-order valence-electron chi connectivity index (χ1n) is 6.51. The first kappa shape index (κ1) is 15.4. The Hall–Kier alpha value is -0.690. The maximum atomic E-state index is 12.1. The molecule has 18 heavy (non-hydrogen) atoms. The lowest BCUT2D eigenvalue weighted by atomic mass is 10.0. The van der Waals surface area contributed by atoms with Crippen LogP contribution in [0.15, 0.2) is 0 Å². The molecule has 0 aromatic carbocycles. The summed E-state index contributed by atoms with van der Waals surface area (Å²) in [4.78, 5) is 14.3. The number of rotatable bonds is 7. The molecular weight excluding hydrogens is 234 g/mol. The Morgan fingerprint density at radius 3 is 2.67 bits per heavy atom. The van der Waals surface area contributed by atoms with E-state index in [0.29, 0.717) is 19.8 Å². The molecule has 1 fully saturated rings. The summed E-state index contributed by atoms with van der Waals surface area (Å²) in [6, 6.07) is 0. The molecule has 1 saturated heterocycles. The van der Waals surface area contributed by atoms with Crippen molar-refractivity contribution in [1.29, 1.82) is 0 Å². The van der Waals surface area contributed by atoms with Crippen molar-refractivity contribution in [2.24, 2.45) is 0 Å². The van der Waals surface area contributed by atoms with E-state index in [4.69, 9.17) is 9.84 Å². The van der Waals surface area contributed by atoms with Gasteiger partial charge in [0.05, 0.1) is 25.4 Å². The molecule has 0 aromatic rings. The molecule has 0 saturated carbocycles. The van der Waals surface area contributed by atoms with Gasteiger partial charge in [-0.15, -0.1) is 0 Å². The molecule has 0 aliphatic carbocycles. The summed E-state index contributed by atoms with van der Waals surface area (Å²) < 4.78 is 5.10. The summed E-state index contributed by atoms with van der Waals surface area (Å²) in [6.07, 6.45) is 0.